The van der Waals surface area contributed by atoms with Gasteiger partial charge in [0, 0.05) is 6.42 Å². The summed E-state index contributed by atoms with van der Waals surface area (Å²) in [6.45, 7) is -0.856. The van der Waals surface area contributed by atoms with Gasteiger partial charge in [0.1, 0.15) is 6.61 Å². The Morgan fingerprint density at radius 3 is 2.45 bits per heavy atom. The molecule has 0 unspecified atom stereocenters. The Morgan fingerprint density at radius 1 is 1.07 bits per heavy atom. The summed E-state index contributed by atoms with van der Waals surface area (Å²) in [5, 5.41) is 2.68. The fraction of sp³-hybridized carbons (Fsp3) is 0.333. The molecule has 2 aromatic rings. The maximum atomic E-state index is 12.3. The quantitative estimate of drug-likeness (QED) is 0.482. The number of esters is 1. The van der Waals surface area contributed by atoms with E-state index in [0.717, 1.165) is 11.1 Å². The highest BCUT2D eigenvalue weighted by atomic mass is 19.3. The molecule has 0 spiro atoms. The van der Waals surface area contributed by atoms with Gasteiger partial charge in [-0.2, -0.15) is 8.78 Å². The van der Waals surface area contributed by atoms with Crippen molar-refractivity contribution in [1.82, 2.24) is 5.32 Å². The van der Waals surface area contributed by atoms with Gasteiger partial charge in [-0.05, 0) is 37.1 Å². The van der Waals surface area contributed by atoms with Crippen LogP contribution in [-0.2, 0) is 16.0 Å². The van der Waals surface area contributed by atoms with Crippen LogP contribution in [0, 0.1) is 6.92 Å². The van der Waals surface area contributed by atoms with E-state index >= 15 is 0 Å². The first-order valence-corrected chi connectivity index (χ1v) is 9.01. The lowest BCUT2D eigenvalue weighted by Crippen LogP contribution is -2.28. The molecular formula is C21H23F2NO5. The molecular weight excluding hydrogens is 384 g/mol. The third kappa shape index (κ3) is 7.40. The lowest BCUT2D eigenvalue weighted by atomic mass is 10.1. The number of rotatable bonds is 10. The molecule has 0 aliphatic rings. The van der Waals surface area contributed by atoms with Crippen LogP contribution in [0.1, 0.15) is 27.9 Å². The maximum Gasteiger partial charge on any atom is 0.387 e. The van der Waals surface area contributed by atoms with E-state index in [0.29, 0.717) is 12.8 Å². The van der Waals surface area contributed by atoms with Crippen LogP contribution in [0.15, 0.2) is 42.5 Å². The van der Waals surface area contributed by atoms with Crippen molar-refractivity contribution in [3.8, 4) is 11.5 Å². The zero-order valence-electron chi connectivity index (χ0n) is 16.2. The van der Waals surface area contributed by atoms with Gasteiger partial charge in [-0.1, -0.05) is 29.8 Å². The van der Waals surface area contributed by atoms with Crippen molar-refractivity contribution in [2.24, 2.45) is 0 Å². The number of hydrogen-bond donors (Lipinski definition) is 1. The minimum Gasteiger partial charge on any atom is -0.493 e. The van der Waals surface area contributed by atoms with Crippen molar-refractivity contribution in [2.75, 3.05) is 20.3 Å². The summed E-state index contributed by atoms with van der Waals surface area (Å²) in [7, 11) is 1.27. The van der Waals surface area contributed by atoms with Gasteiger partial charge < -0.3 is 19.5 Å². The molecule has 0 radical (unpaired) electrons. The van der Waals surface area contributed by atoms with E-state index in [2.05, 4.69) is 10.1 Å². The normalized spacial score (nSPS) is 10.5. The Kier molecular flexibility index (Phi) is 8.39. The number of nitrogens with one attached hydrogen (secondary N) is 1. The molecule has 0 fully saturated rings. The van der Waals surface area contributed by atoms with Gasteiger partial charge in [0.2, 0.25) is 5.91 Å². The number of ether oxygens (including phenoxy) is 3. The van der Waals surface area contributed by atoms with Crippen LogP contribution in [0.25, 0.3) is 0 Å². The summed E-state index contributed by atoms with van der Waals surface area (Å²) >= 11 is 0. The number of aryl methyl sites for hydroxylation is 2. The van der Waals surface area contributed by atoms with Crippen LogP contribution in [0.4, 0.5) is 8.78 Å². The smallest absolute Gasteiger partial charge is 0.387 e. The van der Waals surface area contributed by atoms with Crippen LogP contribution in [0.5, 0.6) is 11.5 Å². The Hall–Kier alpha value is -3.16. The molecule has 8 heteroatoms. The summed E-state index contributed by atoms with van der Waals surface area (Å²) in [6.07, 6.45) is 0.957. The predicted molar refractivity (Wildman–Crippen MR) is 102 cm³/mol. The van der Waals surface area contributed by atoms with Crippen molar-refractivity contribution in [3.63, 3.8) is 0 Å². The number of hydrogen-bond acceptors (Lipinski definition) is 5. The number of benzene rings is 2. The van der Waals surface area contributed by atoms with Crippen LogP contribution in [0.3, 0.4) is 0 Å². The monoisotopic (exact) mass is 407 g/mol. The van der Waals surface area contributed by atoms with Gasteiger partial charge in [-0.15, -0.1) is 0 Å². The Morgan fingerprint density at radius 2 is 1.79 bits per heavy atom. The Labute approximate surface area is 167 Å². The first-order chi connectivity index (χ1) is 13.9. The lowest BCUT2D eigenvalue weighted by Gasteiger charge is -2.11. The van der Waals surface area contributed by atoms with Crippen molar-refractivity contribution < 1.29 is 32.6 Å². The van der Waals surface area contributed by atoms with Gasteiger partial charge in [0.15, 0.2) is 11.5 Å². The number of carbonyl (C=O) groups is 2. The van der Waals surface area contributed by atoms with Gasteiger partial charge >= 0.3 is 12.6 Å². The largest absolute Gasteiger partial charge is 0.493 e. The van der Waals surface area contributed by atoms with Crippen LogP contribution >= 0.6 is 0 Å². The molecule has 2 aromatic carbocycles. The van der Waals surface area contributed by atoms with E-state index in [-0.39, 0.29) is 36.1 Å². The minimum atomic E-state index is -3.00. The molecule has 0 aliphatic heterocycles. The average Bonchev–Trinajstić information content (AvgIpc) is 2.70. The van der Waals surface area contributed by atoms with E-state index in [1.807, 2.05) is 31.2 Å². The summed E-state index contributed by atoms with van der Waals surface area (Å²) in [5.41, 5.74) is 2.35. The number of carbonyl (C=O) groups excluding carboxylic acids is 2. The summed E-state index contributed by atoms with van der Waals surface area (Å²) < 4.78 is 39.0. The second kappa shape index (κ2) is 11.0. The van der Waals surface area contributed by atoms with Crippen LogP contribution < -0.4 is 14.8 Å². The van der Waals surface area contributed by atoms with E-state index in [1.54, 1.807) is 0 Å². The Bertz CT molecular complexity index is 824. The lowest BCUT2D eigenvalue weighted by molar-refractivity contribution is -0.121. The zero-order valence-corrected chi connectivity index (χ0v) is 16.2. The standard InChI is InChI=1S/C21H23F2NO5/c1-14-3-5-15(6-4-14)7-10-19(25)24-11-12-28-20(26)16-8-9-17(29-21(22)23)18(13-16)27-2/h3-6,8-9,13,21H,7,10-12H2,1-2H3,(H,24,25). The molecule has 0 heterocycles. The van der Waals surface area contributed by atoms with E-state index in [4.69, 9.17) is 9.47 Å². The van der Waals surface area contributed by atoms with E-state index in [1.165, 1.54) is 25.3 Å². The molecule has 0 saturated heterocycles. The molecule has 0 bridgehead atoms. The fourth-order valence-electron chi connectivity index (χ4n) is 2.51. The highest BCUT2D eigenvalue weighted by Gasteiger charge is 2.15. The van der Waals surface area contributed by atoms with Crippen molar-refractivity contribution >= 4 is 11.9 Å². The van der Waals surface area contributed by atoms with Gasteiger partial charge in [-0.3, -0.25) is 4.79 Å². The van der Waals surface area contributed by atoms with Crippen molar-refractivity contribution in [3.05, 3.63) is 59.2 Å². The van der Waals surface area contributed by atoms with E-state index in [9.17, 15) is 18.4 Å². The molecule has 0 aliphatic carbocycles. The van der Waals surface area contributed by atoms with E-state index < -0.39 is 12.6 Å². The first kappa shape index (κ1) is 22.1. The second-order valence-electron chi connectivity index (χ2n) is 6.22. The third-order valence-electron chi connectivity index (χ3n) is 4.03. The summed E-state index contributed by atoms with van der Waals surface area (Å²) in [4.78, 5) is 23.9. The summed E-state index contributed by atoms with van der Waals surface area (Å²) in [6, 6.07) is 11.7. The molecule has 6 nitrogen and oxygen atoms in total. The van der Waals surface area contributed by atoms with Gasteiger partial charge in [0.05, 0.1) is 19.2 Å². The molecule has 2 rings (SSSR count). The molecule has 0 atom stereocenters. The van der Waals surface area contributed by atoms with Gasteiger partial charge in [-0.25, -0.2) is 4.79 Å². The number of halogens is 2. The minimum absolute atomic E-state index is 0.0100. The summed E-state index contributed by atoms with van der Waals surface area (Å²) in [5.74, 6) is -0.998. The van der Waals surface area contributed by atoms with Crippen LogP contribution in [-0.4, -0.2) is 38.7 Å². The van der Waals surface area contributed by atoms with Crippen molar-refractivity contribution in [1.29, 1.82) is 0 Å². The zero-order chi connectivity index (χ0) is 21.2. The predicted octanol–water partition coefficient (Wildman–Crippen LogP) is 3.51. The molecule has 0 aromatic heterocycles. The SMILES string of the molecule is COc1cc(C(=O)OCCNC(=O)CCc2ccc(C)cc2)ccc1OC(F)F. The number of alkyl halides is 2. The third-order valence-corrected chi connectivity index (χ3v) is 4.03. The highest BCUT2D eigenvalue weighted by Crippen LogP contribution is 2.29. The van der Waals surface area contributed by atoms with Crippen LogP contribution in [0.2, 0.25) is 0 Å². The highest BCUT2D eigenvalue weighted by molar-refractivity contribution is 5.90. The molecule has 156 valence electrons. The maximum absolute atomic E-state index is 12.3. The molecule has 0 saturated carbocycles. The molecule has 29 heavy (non-hydrogen) atoms. The first-order valence-electron chi connectivity index (χ1n) is 9.01. The second-order valence-corrected chi connectivity index (χ2v) is 6.22. The topological polar surface area (TPSA) is 73.9 Å². The molecule has 1 amide bonds. The number of methoxy groups -OCH3 is 1. The van der Waals surface area contributed by atoms with Crippen molar-refractivity contribution in [2.45, 2.75) is 26.4 Å². The Balaban J connectivity index is 1.73. The molecule has 1 N–H and O–H groups in total. The average molecular weight is 407 g/mol. The number of amides is 1. The fourth-order valence-corrected chi connectivity index (χ4v) is 2.51. The van der Waals surface area contributed by atoms with Gasteiger partial charge in [0.25, 0.3) is 0 Å².